The standard InChI is InChI=1S/C12H13ClO3/c1-15-11-6-7(13)5-9(12(11)16-2)8-3-4-10(8)14/h5-6,8H,3-4H2,1-2H3. The first kappa shape index (κ1) is 11.3. The van der Waals surface area contributed by atoms with Crippen molar-refractivity contribution < 1.29 is 14.3 Å². The van der Waals surface area contributed by atoms with Gasteiger partial charge in [-0.15, -0.1) is 0 Å². The highest BCUT2D eigenvalue weighted by molar-refractivity contribution is 6.31. The van der Waals surface area contributed by atoms with E-state index >= 15 is 0 Å². The Bertz CT molecular complexity index is 429. The number of benzene rings is 1. The Morgan fingerprint density at radius 2 is 2.06 bits per heavy atom. The summed E-state index contributed by atoms with van der Waals surface area (Å²) in [4.78, 5) is 11.5. The molecule has 1 unspecified atom stereocenters. The van der Waals surface area contributed by atoms with E-state index in [-0.39, 0.29) is 11.7 Å². The molecule has 4 heteroatoms. The molecule has 0 aliphatic heterocycles. The summed E-state index contributed by atoms with van der Waals surface area (Å²) in [6.07, 6.45) is 1.50. The van der Waals surface area contributed by atoms with Crippen molar-refractivity contribution in [2.24, 2.45) is 0 Å². The molecule has 0 heterocycles. The van der Waals surface area contributed by atoms with Gasteiger partial charge in [-0.3, -0.25) is 4.79 Å². The summed E-state index contributed by atoms with van der Waals surface area (Å²) in [7, 11) is 3.12. The minimum absolute atomic E-state index is 0.0810. The van der Waals surface area contributed by atoms with Crippen LogP contribution in [0.3, 0.4) is 0 Å². The molecule has 0 spiro atoms. The number of methoxy groups -OCH3 is 2. The number of ketones is 1. The summed E-state index contributed by atoms with van der Waals surface area (Å²) in [6, 6.07) is 3.47. The van der Waals surface area contributed by atoms with Crippen LogP contribution >= 0.6 is 11.6 Å². The van der Waals surface area contributed by atoms with E-state index in [2.05, 4.69) is 0 Å². The number of ether oxygens (including phenoxy) is 2. The van der Waals surface area contributed by atoms with Crippen LogP contribution in [0.4, 0.5) is 0 Å². The molecule has 1 fully saturated rings. The molecule has 1 aromatic rings. The lowest BCUT2D eigenvalue weighted by molar-refractivity contribution is -0.125. The molecule has 0 saturated heterocycles. The average molecular weight is 241 g/mol. The maximum atomic E-state index is 11.5. The van der Waals surface area contributed by atoms with Gasteiger partial charge in [0.15, 0.2) is 11.5 Å². The summed E-state index contributed by atoms with van der Waals surface area (Å²) in [5.74, 6) is 1.35. The predicted molar refractivity (Wildman–Crippen MR) is 61.5 cm³/mol. The first-order chi connectivity index (χ1) is 7.67. The third-order valence-electron chi connectivity index (χ3n) is 2.92. The van der Waals surface area contributed by atoms with E-state index in [1.54, 1.807) is 26.4 Å². The maximum Gasteiger partial charge on any atom is 0.164 e. The molecule has 0 amide bonds. The normalized spacial score (nSPS) is 19.2. The van der Waals surface area contributed by atoms with Crippen molar-refractivity contribution >= 4 is 17.4 Å². The Hall–Kier alpha value is -1.22. The van der Waals surface area contributed by atoms with Crippen molar-refractivity contribution in [3.63, 3.8) is 0 Å². The number of Topliss-reactive ketones (excluding diaryl/α,β-unsaturated/α-hetero) is 1. The Kier molecular flexibility index (Phi) is 3.06. The largest absolute Gasteiger partial charge is 0.493 e. The van der Waals surface area contributed by atoms with Crippen molar-refractivity contribution in [3.05, 3.63) is 22.7 Å². The van der Waals surface area contributed by atoms with Crippen LogP contribution in [0.5, 0.6) is 11.5 Å². The van der Waals surface area contributed by atoms with E-state index in [0.717, 1.165) is 12.0 Å². The zero-order chi connectivity index (χ0) is 11.7. The van der Waals surface area contributed by atoms with Gasteiger partial charge in [-0.05, 0) is 12.5 Å². The van der Waals surface area contributed by atoms with Gasteiger partial charge in [-0.2, -0.15) is 0 Å². The zero-order valence-electron chi connectivity index (χ0n) is 9.25. The Balaban J connectivity index is 2.49. The van der Waals surface area contributed by atoms with E-state index < -0.39 is 0 Å². The highest BCUT2D eigenvalue weighted by Crippen LogP contribution is 2.44. The number of rotatable bonds is 3. The van der Waals surface area contributed by atoms with Crippen LogP contribution in [0.15, 0.2) is 12.1 Å². The smallest absolute Gasteiger partial charge is 0.164 e. The fourth-order valence-corrected chi connectivity index (χ4v) is 2.17. The Morgan fingerprint density at radius 3 is 2.50 bits per heavy atom. The molecule has 0 N–H and O–H groups in total. The van der Waals surface area contributed by atoms with Crippen LogP contribution in [0.2, 0.25) is 5.02 Å². The van der Waals surface area contributed by atoms with Gasteiger partial charge in [0.1, 0.15) is 5.78 Å². The number of carbonyl (C=O) groups excluding carboxylic acids is 1. The molecule has 3 nitrogen and oxygen atoms in total. The van der Waals surface area contributed by atoms with Crippen molar-refractivity contribution in [2.75, 3.05) is 14.2 Å². The quantitative estimate of drug-likeness (QED) is 0.815. The molecular weight excluding hydrogens is 228 g/mol. The van der Waals surface area contributed by atoms with Gasteiger partial charge in [0, 0.05) is 29.0 Å². The van der Waals surface area contributed by atoms with E-state index in [9.17, 15) is 4.79 Å². The number of carbonyl (C=O) groups is 1. The van der Waals surface area contributed by atoms with Crippen LogP contribution in [-0.2, 0) is 4.79 Å². The van der Waals surface area contributed by atoms with E-state index in [1.807, 2.05) is 0 Å². The van der Waals surface area contributed by atoms with Gasteiger partial charge in [0.2, 0.25) is 0 Å². The Labute approximate surface area is 99.3 Å². The average Bonchev–Trinajstić information content (AvgIpc) is 2.26. The number of hydrogen-bond donors (Lipinski definition) is 0. The van der Waals surface area contributed by atoms with Crippen molar-refractivity contribution in [3.8, 4) is 11.5 Å². The fourth-order valence-electron chi connectivity index (χ4n) is 1.95. The molecule has 0 aromatic heterocycles. The van der Waals surface area contributed by atoms with Gasteiger partial charge in [0.25, 0.3) is 0 Å². The molecular formula is C12H13ClO3. The second-order valence-corrected chi connectivity index (χ2v) is 4.22. The highest BCUT2D eigenvalue weighted by Gasteiger charge is 2.33. The van der Waals surface area contributed by atoms with Crippen molar-refractivity contribution in [1.82, 2.24) is 0 Å². The maximum absolute atomic E-state index is 11.5. The molecule has 1 saturated carbocycles. The van der Waals surface area contributed by atoms with Crippen molar-refractivity contribution in [2.45, 2.75) is 18.8 Å². The highest BCUT2D eigenvalue weighted by atomic mass is 35.5. The van der Waals surface area contributed by atoms with E-state index in [0.29, 0.717) is 22.9 Å². The topological polar surface area (TPSA) is 35.5 Å². The fraction of sp³-hybridized carbons (Fsp3) is 0.417. The molecule has 1 aliphatic carbocycles. The van der Waals surface area contributed by atoms with Crippen LogP contribution in [0, 0.1) is 0 Å². The van der Waals surface area contributed by atoms with Gasteiger partial charge in [0.05, 0.1) is 14.2 Å². The molecule has 16 heavy (non-hydrogen) atoms. The molecule has 1 atom stereocenters. The summed E-state index contributed by atoms with van der Waals surface area (Å²) in [5, 5.41) is 0.562. The third-order valence-corrected chi connectivity index (χ3v) is 3.13. The summed E-state index contributed by atoms with van der Waals surface area (Å²) in [6.45, 7) is 0. The second kappa shape index (κ2) is 4.34. The SMILES string of the molecule is COc1cc(Cl)cc(C2CCC2=O)c1OC. The molecule has 1 aliphatic rings. The van der Waals surface area contributed by atoms with Gasteiger partial charge >= 0.3 is 0 Å². The van der Waals surface area contributed by atoms with Crippen molar-refractivity contribution in [1.29, 1.82) is 0 Å². The first-order valence-electron chi connectivity index (χ1n) is 5.11. The zero-order valence-corrected chi connectivity index (χ0v) is 10.0. The van der Waals surface area contributed by atoms with Gasteiger partial charge in [-0.1, -0.05) is 11.6 Å². The molecule has 0 radical (unpaired) electrons. The molecule has 0 bridgehead atoms. The number of halogens is 1. The van der Waals surface area contributed by atoms with E-state index in [4.69, 9.17) is 21.1 Å². The minimum atomic E-state index is -0.0810. The lowest BCUT2D eigenvalue weighted by Crippen LogP contribution is -2.23. The lowest BCUT2D eigenvalue weighted by Gasteiger charge is -2.26. The lowest BCUT2D eigenvalue weighted by atomic mass is 9.78. The first-order valence-corrected chi connectivity index (χ1v) is 5.49. The summed E-state index contributed by atoms with van der Waals surface area (Å²) < 4.78 is 10.5. The monoisotopic (exact) mass is 240 g/mol. The van der Waals surface area contributed by atoms with Crippen LogP contribution in [0.1, 0.15) is 24.3 Å². The second-order valence-electron chi connectivity index (χ2n) is 3.79. The van der Waals surface area contributed by atoms with Gasteiger partial charge in [-0.25, -0.2) is 0 Å². The van der Waals surface area contributed by atoms with Gasteiger partial charge < -0.3 is 9.47 Å². The van der Waals surface area contributed by atoms with E-state index in [1.165, 1.54) is 0 Å². The summed E-state index contributed by atoms with van der Waals surface area (Å²) in [5.41, 5.74) is 0.836. The minimum Gasteiger partial charge on any atom is -0.493 e. The summed E-state index contributed by atoms with van der Waals surface area (Å²) >= 11 is 5.98. The molecule has 86 valence electrons. The van der Waals surface area contributed by atoms with Crippen LogP contribution in [-0.4, -0.2) is 20.0 Å². The Morgan fingerprint density at radius 1 is 1.31 bits per heavy atom. The van der Waals surface area contributed by atoms with Crippen LogP contribution < -0.4 is 9.47 Å². The number of hydrogen-bond acceptors (Lipinski definition) is 3. The predicted octanol–water partition coefficient (Wildman–Crippen LogP) is 2.80. The molecule has 2 rings (SSSR count). The third kappa shape index (κ3) is 1.76. The molecule has 1 aromatic carbocycles. The van der Waals surface area contributed by atoms with Crippen LogP contribution in [0.25, 0.3) is 0 Å².